The van der Waals surface area contributed by atoms with E-state index in [9.17, 15) is 14.4 Å². The minimum absolute atomic E-state index is 0.276. The molecule has 3 rings (SSSR count). The van der Waals surface area contributed by atoms with Gasteiger partial charge >= 0.3 is 0 Å². The first-order chi connectivity index (χ1) is 14.4. The normalized spacial score (nSPS) is 14.8. The van der Waals surface area contributed by atoms with Gasteiger partial charge in [0.25, 0.3) is 5.91 Å². The Morgan fingerprint density at radius 3 is 2.63 bits per heavy atom. The first-order valence-electron chi connectivity index (χ1n) is 9.76. The molecule has 0 bridgehead atoms. The van der Waals surface area contributed by atoms with Crippen molar-refractivity contribution >= 4 is 23.8 Å². The average molecular weight is 407 g/mol. The Hall–Kier alpha value is -3.55. The van der Waals surface area contributed by atoms with E-state index in [1.165, 1.54) is 4.90 Å². The Kier molecular flexibility index (Phi) is 6.56. The quantitative estimate of drug-likeness (QED) is 0.737. The molecule has 1 aliphatic rings. The highest BCUT2D eigenvalue weighted by Gasteiger charge is 2.32. The van der Waals surface area contributed by atoms with Gasteiger partial charge in [0.05, 0.1) is 17.6 Å². The number of carbonyl (C=O) groups excluding carboxylic acids is 3. The van der Waals surface area contributed by atoms with Gasteiger partial charge in [-0.25, -0.2) is 0 Å². The number of nitrogens with zero attached hydrogens (tertiary/aromatic N) is 4. The van der Waals surface area contributed by atoms with Gasteiger partial charge in [-0.1, -0.05) is 0 Å². The zero-order valence-corrected chi connectivity index (χ0v) is 17.3. The van der Waals surface area contributed by atoms with E-state index in [1.807, 2.05) is 18.2 Å². The fourth-order valence-electron chi connectivity index (χ4n) is 3.37. The van der Waals surface area contributed by atoms with Gasteiger partial charge in [0.15, 0.2) is 0 Å². The summed E-state index contributed by atoms with van der Waals surface area (Å²) < 4.78 is 0. The van der Waals surface area contributed by atoms with Crippen LogP contribution in [0.15, 0.2) is 54.1 Å². The summed E-state index contributed by atoms with van der Waals surface area (Å²) in [4.78, 5) is 48.6. The largest absolute Gasteiger partial charge is 0.355 e. The van der Waals surface area contributed by atoms with Crippen LogP contribution in [-0.4, -0.2) is 64.6 Å². The number of anilines is 1. The van der Waals surface area contributed by atoms with E-state index in [0.717, 1.165) is 11.3 Å². The molecular formula is C22H25N5O3. The minimum atomic E-state index is -0.628. The number of nitrogens with one attached hydrogen (secondary N) is 1. The summed E-state index contributed by atoms with van der Waals surface area (Å²) in [5, 5.41) is 2.84. The Balaban J connectivity index is 1.76. The van der Waals surface area contributed by atoms with Crippen molar-refractivity contribution < 1.29 is 14.4 Å². The molecule has 0 fully saturated rings. The topological polar surface area (TPSA) is 95.5 Å². The summed E-state index contributed by atoms with van der Waals surface area (Å²) >= 11 is 0. The maximum atomic E-state index is 12.9. The first kappa shape index (κ1) is 21.2. The van der Waals surface area contributed by atoms with Crippen LogP contribution in [0.4, 0.5) is 5.69 Å². The number of hydrogen-bond donors (Lipinski definition) is 1. The lowest BCUT2D eigenvalue weighted by atomic mass is 10.00. The smallest absolute Gasteiger partial charge is 0.270 e. The molecule has 0 spiro atoms. The maximum Gasteiger partial charge on any atom is 0.270 e. The SMILES string of the molecule is CC(C(=O)Nc1ccc(-c2cccnc2)nc1)N1CCCC(C=O)=C1C(=O)N(C)C. The number of rotatable bonds is 6. The number of carbonyl (C=O) groups is 3. The van der Waals surface area contributed by atoms with Crippen LogP contribution in [0.25, 0.3) is 11.3 Å². The third kappa shape index (κ3) is 4.53. The molecule has 156 valence electrons. The highest BCUT2D eigenvalue weighted by atomic mass is 16.2. The molecule has 0 aliphatic carbocycles. The van der Waals surface area contributed by atoms with Crippen LogP contribution in [0.3, 0.4) is 0 Å². The second kappa shape index (κ2) is 9.30. The molecule has 8 heteroatoms. The third-order valence-electron chi connectivity index (χ3n) is 5.02. The van der Waals surface area contributed by atoms with Crippen LogP contribution in [0.2, 0.25) is 0 Å². The van der Waals surface area contributed by atoms with Crippen LogP contribution >= 0.6 is 0 Å². The Morgan fingerprint density at radius 1 is 1.23 bits per heavy atom. The third-order valence-corrected chi connectivity index (χ3v) is 5.02. The zero-order chi connectivity index (χ0) is 21.7. The number of aldehydes is 1. The lowest BCUT2D eigenvalue weighted by Crippen LogP contribution is -2.47. The lowest BCUT2D eigenvalue weighted by molar-refractivity contribution is -0.128. The summed E-state index contributed by atoms with van der Waals surface area (Å²) in [7, 11) is 3.26. The highest BCUT2D eigenvalue weighted by molar-refractivity contribution is 6.00. The Labute approximate surface area is 175 Å². The molecule has 1 unspecified atom stereocenters. The predicted octanol–water partition coefficient (Wildman–Crippen LogP) is 2.11. The van der Waals surface area contributed by atoms with Crippen LogP contribution in [0.1, 0.15) is 19.8 Å². The summed E-state index contributed by atoms with van der Waals surface area (Å²) in [6.07, 6.45) is 6.95. The number of allylic oxidation sites excluding steroid dienone is 1. The summed E-state index contributed by atoms with van der Waals surface area (Å²) in [5.74, 6) is -0.555. The van der Waals surface area contributed by atoms with Crippen LogP contribution < -0.4 is 5.32 Å². The predicted molar refractivity (Wildman–Crippen MR) is 113 cm³/mol. The molecule has 2 aromatic rings. The first-order valence-corrected chi connectivity index (χ1v) is 9.76. The fourth-order valence-corrected chi connectivity index (χ4v) is 3.37. The number of hydrogen-bond acceptors (Lipinski definition) is 6. The Bertz CT molecular complexity index is 954. The van der Waals surface area contributed by atoms with Gasteiger partial charge in [-0.3, -0.25) is 24.4 Å². The van der Waals surface area contributed by atoms with Gasteiger partial charge in [0.1, 0.15) is 18.0 Å². The number of aromatic nitrogens is 2. The van der Waals surface area contributed by atoms with E-state index in [0.29, 0.717) is 42.6 Å². The van der Waals surface area contributed by atoms with Gasteiger partial charge in [-0.2, -0.15) is 0 Å². The number of pyridine rings is 2. The van der Waals surface area contributed by atoms with Crippen LogP contribution in [-0.2, 0) is 14.4 Å². The molecule has 3 heterocycles. The molecule has 0 radical (unpaired) electrons. The van der Waals surface area contributed by atoms with Crippen molar-refractivity contribution in [1.29, 1.82) is 0 Å². The molecule has 8 nitrogen and oxygen atoms in total. The molecule has 30 heavy (non-hydrogen) atoms. The highest BCUT2D eigenvalue weighted by Crippen LogP contribution is 2.25. The van der Waals surface area contributed by atoms with Gasteiger partial charge in [-0.05, 0) is 44.0 Å². The van der Waals surface area contributed by atoms with E-state index in [4.69, 9.17) is 0 Å². The number of likely N-dealkylation sites (N-methyl/N-ethyl adjacent to an activating group) is 1. The van der Waals surface area contributed by atoms with Gasteiger partial charge in [0, 0.05) is 44.2 Å². The second-order valence-electron chi connectivity index (χ2n) is 7.33. The van der Waals surface area contributed by atoms with E-state index in [-0.39, 0.29) is 11.8 Å². The molecule has 2 amide bonds. The molecule has 1 aliphatic heterocycles. The van der Waals surface area contributed by atoms with Crippen molar-refractivity contribution in [3.63, 3.8) is 0 Å². The van der Waals surface area contributed by atoms with Crippen molar-refractivity contribution in [2.45, 2.75) is 25.8 Å². The van der Waals surface area contributed by atoms with E-state index in [2.05, 4.69) is 15.3 Å². The van der Waals surface area contributed by atoms with E-state index < -0.39 is 6.04 Å². The lowest BCUT2D eigenvalue weighted by Gasteiger charge is -2.36. The van der Waals surface area contributed by atoms with Crippen molar-refractivity contribution in [3.8, 4) is 11.3 Å². The van der Waals surface area contributed by atoms with Gasteiger partial charge < -0.3 is 15.1 Å². The molecule has 0 saturated carbocycles. The number of amides is 2. The van der Waals surface area contributed by atoms with E-state index in [1.54, 1.807) is 50.6 Å². The van der Waals surface area contributed by atoms with Crippen LogP contribution in [0.5, 0.6) is 0 Å². The summed E-state index contributed by atoms with van der Waals surface area (Å²) in [6, 6.07) is 6.70. The molecule has 1 atom stereocenters. The maximum absolute atomic E-state index is 12.9. The van der Waals surface area contributed by atoms with Gasteiger partial charge in [-0.15, -0.1) is 0 Å². The van der Waals surface area contributed by atoms with Gasteiger partial charge in [0.2, 0.25) is 5.91 Å². The zero-order valence-electron chi connectivity index (χ0n) is 17.3. The van der Waals surface area contributed by atoms with Crippen LogP contribution in [0, 0.1) is 0 Å². The van der Waals surface area contributed by atoms with Crippen molar-refractivity contribution in [2.24, 2.45) is 0 Å². The monoisotopic (exact) mass is 407 g/mol. The van der Waals surface area contributed by atoms with E-state index >= 15 is 0 Å². The standard InChI is InChI=1S/C22H25N5O3/c1-15(27-11-5-7-17(14-28)20(27)22(30)26(2)3)21(29)25-18-8-9-19(24-13-18)16-6-4-10-23-12-16/h4,6,8-10,12-15H,5,7,11H2,1-3H3,(H,25,29). The molecular weight excluding hydrogens is 382 g/mol. The molecule has 0 saturated heterocycles. The molecule has 0 aromatic carbocycles. The summed E-state index contributed by atoms with van der Waals surface area (Å²) in [6.45, 7) is 2.25. The molecule has 1 N–H and O–H groups in total. The Morgan fingerprint density at radius 2 is 2.03 bits per heavy atom. The fraction of sp³-hybridized carbons (Fsp3) is 0.318. The molecule has 2 aromatic heterocycles. The second-order valence-corrected chi connectivity index (χ2v) is 7.33. The average Bonchev–Trinajstić information content (AvgIpc) is 2.78. The van der Waals surface area contributed by atoms with Crippen molar-refractivity contribution in [3.05, 3.63) is 54.1 Å². The minimum Gasteiger partial charge on any atom is -0.355 e. The van der Waals surface area contributed by atoms with Crippen molar-refractivity contribution in [1.82, 2.24) is 19.8 Å². The summed E-state index contributed by atoms with van der Waals surface area (Å²) in [5.41, 5.74) is 2.92. The van der Waals surface area contributed by atoms with Crippen molar-refractivity contribution in [2.75, 3.05) is 26.0 Å².